The Labute approximate surface area is 179 Å². The van der Waals surface area contributed by atoms with Gasteiger partial charge in [0.15, 0.2) is 0 Å². The molecule has 0 aliphatic heterocycles. The van der Waals surface area contributed by atoms with E-state index < -0.39 is 16.7 Å². The van der Waals surface area contributed by atoms with Crippen LogP contribution in [0, 0.1) is 16.0 Å². The maximum Gasteiger partial charge on any atom is 0.270 e. The zero-order valence-electron chi connectivity index (χ0n) is 17.3. The lowest BCUT2D eigenvalue weighted by atomic mass is 10.1. The van der Waals surface area contributed by atoms with E-state index in [9.17, 15) is 19.7 Å². The maximum atomic E-state index is 12.6. The van der Waals surface area contributed by atoms with Gasteiger partial charge in [-0.1, -0.05) is 26.0 Å². The summed E-state index contributed by atoms with van der Waals surface area (Å²) in [5.41, 5.74) is 0.407. The van der Waals surface area contributed by atoms with Crippen LogP contribution in [0.4, 0.5) is 5.69 Å². The molecule has 0 radical (unpaired) electrons. The van der Waals surface area contributed by atoms with E-state index in [0.717, 1.165) is 0 Å². The van der Waals surface area contributed by atoms with Crippen molar-refractivity contribution in [2.75, 3.05) is 19.8 Å². The molecule has 2 rings (SSSR count). The Kier molecular flexibility index (Phi) is 8.71. The number of carbonyl (C=O) groups excluding carboxylic acids is 2. The molecule has 0 saturated carbocycles. The number of nitrogens with one attached hydrogen (secondary N) is 2. The number of hydrogen-bond donors (Lipinski definition) is 3. The summed E-state index contributed by atoms with van der Waals surface area (Å²) in [5, 5.41) is 24.9. The van der Waals surface area contributed by atoms with Gasteiger partial charge in [0.1, 0.15) is 11.4 Å². The fourth-order valence-electron chi connectivity index (χ4n) is 2.48. The molecular weight excluding hydrogens is 402 g/mol. The second-order valence-electron chi connectivity index (χ2n) is 7.07. The van der Waals surface area contributed by atoms with Crippen molar-refractivity contribution in [3.05, 3.63) is 75.5 Å². The van der Waals surface area contributed by atoms with Gasteiger partial charge in [-0.2, -0.15) is 0 Å². The van der Waals surface area contributed by atoms with Crippen LogP contribution in [0.2, 0.25) is 0 Å². The standard InChI is InChI=1S/C22H25N3O6/c1-15(2)14-31-19-8-6-17(7-9-19)21(27)24-20(22(28)23-10-11-26)13-16-4-3-5-18(12-16)25(29)30/h3-9,12-13,15,26H,10-11,14H2,1-2H3,(H,23,28)(H,24,27)/b20-13-. The van der Waals surface area contributed by atoms with E-state index in [2.05, 4.69) is 10.6 Å². The second kappa shape index (κ2) is 11.5. The lowest BCUT2D eigenvalue weighted by Gasteiger charge is -2.12. The molecule has 2 amide bonds. The first-order valence-corrected chi connectivity index (χ1v) is 9.69. The van der Waals surface area contributed by atoms with Crippen molar-refractivity contribution in [2.45, 2.75) is 13.8 Å². The van der Waals surface area contributed by atoms with Crippen LogP contribution in [0.1, 0.15) is 29.8 Å². The number of ether oxygens (including phenoxy) is 1. The molecule has 0 aliphatic rings. The number of amides is 2. The molecule has 2 aromatic rings. The van der Waals surface area contributed by atoms with E-state index in [4.69, 9.17) is 9.84 Å². The van der Waals surface area contributed by atoms with Crippen LogP contribution in [0.25, 0.3) is 6.08 Å². The second-order valence-corrected chi connectivity index (χ2v) is 7.07. The quantitative estimate of drug-likeness (QED) is 0.303. The van der Waals surface area contributed by atoms with Crippen molar-refractivity contribution in [1.29, 1.82) is 0 Å². The van der Waals surface area contributed by atoms with Crippen molar-refractivity contribution >= 4 is 23.6 Å². The molecule has 164 valence electrons. The van der Waals surface area contributed by atoms with Crippen molar-refractivity contribution in [2.24, 2.45) is 5.92 Å². The minimum absolute atomic E-state index is 0.0110. The van der Waals surface area contributed by atoms with Gasteiger partial charge in [0.2, 0.25) is 0 Å². The third kappa shape index (κ3) is 7.56. The van der Waals surface area contributed by atoms with Crippen molar-refractivity contribution in [1.82, 2.24) is 10.6 Å². The number of aliphatic hydroxyl groups is 1. The fourth-order valence-corrected chi connectivity index (χ4v) is 2.48. The SMILES string of the molecule is CC(C)COc1ccc(C(=O)N/C(=C\c2cccc([N+](=O)[O-])c2)C(=O)NCCO)cc1. The predicted octanol–water partition coefficient (Wildman–Crippen LogP) is 2.51. The third-order valence-corrected chi connectivity index (χ3v) is 3.98. The number of rotatable bonds is 10. The van der Waals surface area contributed by atoms with E-state index in [1.165, 1.54) is 24.3 Å². The molecule has 3 N–H and O–H groups in total. The Balaban J connectivity index is 2.22. The van der Waals surface area contributed by atoms with E-state index >= 15 is 0 Å². The highest BCUT2D eigenvalue weighted by atomic mass is 16.6. The number of hydrogen-bond acceptors (Lipinski definition) is 6. The van der Waals surface area contributed by atoms with Crippen LogP contribution < -0.4 is 15.4 Å². The largest absolute Gasteiger partial charge is 0.493 e. The lowest BCUT2D eigenvalue weighted by molar-refractivity contribution is -0.384. The summed E-state index contributed by atoms with van der Waals surface area (Å²) in [7, 11) is 0. The highest BCUT2D eigenvalue weighted by Gasteiger charge is 2.15. The van der Waals surface area contributed by atoms with Crippen LogP contribution in [-0.4, -0.2) is 41.6 Å². The Morgan fingerprint density at radius 3 is 2.52 bits per heavy atom. The minimum Gasteiger partial charge on any atom is -0.493 e. The van der Waals surface area contributed by atoms with Gasteiger partial charge >= 0.3 is 0 Å². The number of carbonyl (C=O) groups is 2. The average Bonchev–Trinajstić information content (AvgIpc) is 2.76. The molecule has 0 aromatic heterocycles. The molecule has 0 fully saturated rings. The van der Waals surface area contributed by atoms with E-state index in [-0.39, 0.29) is 24.5 Å². The van der Waals surface area contributed by atoms with Gasteiger partial charge in [-0.05, 0) is 41.8 Å². The first-order valence-electron chi connectivity index (χ1n) is 9.69. The van der Waals surface area contributed by atoms with Gasteiger partial charge in [-0.25, -0.2) is 0 Å². The van der Waals surface area contributed by atoms with Crippen LogP contribution in [0.15, 0.2) is 54.2 Å². The third-order valence-electron chi connectivity index (χ3n) is 3.98. The average molecular weight is 427 g/mol. The van der Waals surface area contributed by atoms with Crippen molar-refractivity contribution in [3.63, 3.8) is 0 Å². The highest BCUT2D eigenvalue weighted by molar-refractivity contribution is 6.05. The van der Waals surface area contributed by atoms with Crippen molar-refractivity contribution in [3.8, 4) is 5.75 Å². The molecule has 0 atom stereocenters. The first kappa shape index (κ1) is 23.6. The summed E-state index contributed by atoms with van der Waals surface area (Å²) >= 11 is 0. The number of nitro benzene ring substituents is 1. The number of non-ortho nitro benzene ring substituents is 1. The fraction of sp³-hybridized carbons (Fsp3) is 0.273. The Morgan fingerprint density at radius 1 is 1.19 bits per heavy atom. The molecule has 9 heteroatoms. The topological polar surface area (TPSA) is 131 Å². The number of nitro groups is 1. The molecule has 0 heterocycles. The van der Waals surface area contributed by atoms with E-state index in [1.54, 1.807) is 30.3 Å². The normalized spacial score (nSPS) is 11.2. The predicted molar refractivity (Wildman–Crippen MR) is 115 cm³/mol. The van der Waals surface area contributed by atoms with Crippen LogP contribution in [0.5, 0.6) is 5.75 Å². The van der Waals surface area contributed by atoms with Crippen molar-refractivity contribution < 1.29 is 24.4 Å². The van der Waals surface area contributed by atoms with Crippen LogP contribution in [0.3, 0.4) is 0 Å². The molecule has 0 saturated heterocycles. The Morgan fingerprint density at radius 2 is 1.90 bits per heavy atom. The minimum atomic E-state index is -0.634. The van der Waals surface area contributed by atoms with Gasteiger partial charge in [-0.15, -0.1) is 0 Å². The molecular formula is C22H25N3O6. The first-order chi connectivity index (χ1) is 14.8. The lowest BCUT2D eigenvalue weighted by Crippen LogP contribution is -2.36. The van der Waals surface area contributed by atoms with Crippen LogP contribution >= 0.6 is 0 Å². The number of benzene rings is 2. The van der Waals surface area contributed by atoms with Gasteiger partial charge < -0.3 is 20.5 Å². The van der Waals surface area contributed by atoms with Gasteiger partial charge in [-0.3, -0.25) is 19.7 Å². The Hall–Kier alpha value is -3.72. The zero-order valence-corrected chi connectivity index (χ0v) is 17.3. The van der Waals surface area contributed by atoms with Gasteiger partial charge in [0.05, 0.1) is 18.1 Å². The molecule has 0 spiro atoms. The van der Waals surface area contributed by atoms with Crippen LogP contribution in [-0.2, 0) is 4.79 Å². The number of nitrogens with zero attached hydrogens (tertiary/aromatic N) is 1. The Bertz CT molecular complexity index is 954. The molecule has 2 aromatic carbocycles. The summed E-state index contributed by atoms with van der Waals surface area (Å²) in [6.45, 7) is 4.31. The highest BCUT2D eigenvalue weighted by Crippen LogP contribution is 2.16. The van der Waals surface area contributed by atoms with E-state index in [0.29, 0.717) is 29.4 Å². The van der Waals surface area contributed by atoms with Gasteiger partial charge in [0.25, 0.3) is 17.5 Å². The van der Waals surface area contributed by atoms with Gasteiger partial charge in [0, 0.05) is 24.2 Å². The molecule has 0 bridgehead atoms. The molecule has 31 heavy (non-hydrogen) atoms. The summed E-state index contributed by atoms with van der Waals surface area (Å²) in [5.74, 6) is -0.183. The number of aliphatic hydroxyl groups excluding tert-OH is 1. The molecule has 0 unspecified atom stereocenters. The van der Waals surface area contributed by atoms with E-state index in [1.807, 2.05) is 13.8 Å². The molecule has 0 aliphatic carbocycles. The summed E-state index contributed by atoms with van der Waals surface area (Å²) in [4.78, 5) is 35.5. The maximum absolute atomic E-state index is 12.6. The summed E-state index contributed by atoms with van der Waals surface area (Å²) < 4.78 is 5.59. The summed E-state index contributed by atoms with van der Waals surface area (Å²) in [6.07, 6.45) is 1.33. The summed E-state index contributed by atoms with van der Waals surface area (Å²) in [6, 6.07) is 12.1. The monoisotopic (exact) mass is 427 g/mol. The molecule has 9 nitrogen and oxygen atoms in total. The zero-order chi connectivity index (χ0) is 22.8. The smallest absolute Gasteiger partial charge is 0.270 e.